The van der Waals surface area contributed by atoms with Crippen molar-refractivity contribution in [2.45, 2.75) is 45.1 Å². The van der Waals surface area contributed by atoms with Crippen LogP contribution in [0.25, 0.3) is 0 Å². The fraction of sp³-hybridized carbons (Fsp3) is 0.615. The number of nitrogens with zero attached hydrogens (tertiary/aromatic N) is 2. The van der Waals surface area contributed by atoms with E-state index in [4.69, 9.17) is 0 Å². The van der Waals surface area contributed by atoms with Crippen LogP contribution in [0.1, 0.15) is 44.3 Å². The van der Waals surface area contributed by atoms with Crippen molar-refractivity contribution in [1.29, 1.82) is 5.26 Å². The summed E-state index contributed by atoms with van der Waals surface area (Å²) in [5.41, 5.74) is -0.830. The normalized spacial score (nSPS) is 18.6. The summed E-state index contributed by atoms with van der Waals surface area (Å²) in [6, 6.07) is 2.24. The van der Waals surface area contributed by atoms with Crippen molar-refractivity contribution < 1.29 is 4.79 Å². The summed E-state index contributed by atoms with van der Waals surface area (Å²) in [7, 11) is 0. The molecule has 0 aromatic carbocycles. The van der Waals surface area contributed by atoms with Gasteiger partial charge in [0, 0.05) is 12.4 Å². The van der Waals surface area contributed by atoms with Crippen LogP contribution in [0.4, 0.5) is 0 Å². The number of carbonyl (C=O) groups is 1. The quantitative estimate of drug-likeness (QED) is 0.799. The average molecular weight is 246 g/mol. The Hall–Kier alpha value is -1.83. The third-order valence-electron chi connectivity index (χ3n) is 3.58. The van der Waals surface area contributed by atoms with Gasteiger partial charge in [-0.25, -0.2) is 4.98 Å². The molecule has 2 N–H and O–H groups in total. The largest absolute Gasteiger partial charge is 0.347 e. The molecule has 1 amide bonds. The zero-order chi connectivity index (χ0) is 12.8. The Morgan fingerprint density at radius 1 is 1.44 bits per heavy atom. The van der Waals surface area contributed by atoms with E-state index in [-0.39, 0.29) is 5.91 Å². The molecule has 1 saturated carbocycles. The second kappa shape index (κ2) is 5.67. The molecule has 1 aromatic rings. The predicted molar refractivity (Wildman–Crippen MR) is 66.2 cm³/mol. The zero-order valence-electron chi connectivity index (χ0n) is 10.4. The van der Waals surface area contributed by atoms with Crippen LogP contribution < -0.4 is 5.32 Å². The molecule has 1 aromatic heterocycles. The molecule has 1 aliphatic rings. The molecule has 18 heavy (non-hydrogen) atoms. The van der Waals surface area contributed by atoms with Crippen molar-refractivity contribution in [3.8, 4) is 6.07 Å². The molecule has 0 saturated heterocycles. The van der Waals surface area contributed by atoms with Gasteiger partial charge in [-0.15, -0.1) is 0 Å². The Bertz CT molecular complexity index is 424. The minimum Gasteiger partial charge on any atom is -0.347 e. The smallest absolute Gasteiger partial charge is 0.240 e. The van der Waals surface area contributed by atoms with Crippen LogP contribution in [0.3, 0.4) is 0 Å². The lowest BCUT2D eigenvalue weighted by molar-refractivity contribution is -0.129. The molecule has 1 aliphatic carbocycles. The Morgan fingerprint density at radius 2 is 2.17 bits per heavy atom. The van der Waals surface area contributed by atoms with Crippen LogP contribution in [0.5, 0.6) is 0 Å². The van der Waals surface area contributed by atoms with E-state index in [2.05, 4.69) is 21.4 Å². The van der Waals surface area contributed by atoms with Gasteiger partial charge in [0.2, 0.25) is 5.91 Å². The second-order valence-corrected chi connectivity index (χ2v) is 4.83. The fourth-order valence-electron chi connectivity index (χ4n) is 2.45. The Labute approximate surface area is 107 Å². The van der Waals surface area contributed by atoms with E-state index < -0.39 is 5.41 Å². The Kier molecular flexibility index (Phi) is 3.98. The van der Waals surface area contributed by atoms with Gasteiger partial charge in [0.15, 0.2) is 0 Å². The maximum absolute atomic E-state index is 12.2. The number of hydrogen-bond donors (Lipinski definition) is 2. The monoisotopic (exact) mass is 246 g/mol. The van der Waals surface area contributed by atoms with E-state index in [1.54, 1.807) is 12.4 Å². The third kappa shape index (κ3) is 2.70. The van der Waals surface area contributed by atoms with Gasteiger partial charge < -0.3 is 10.3 Å². The molecule has 96 valence electrons. The van der Waals surface area contributed by atoms with Crippen LogP contribution >= 0.6 is 0 Å². The van der Waals surface area contributed by atoms with Gasteiger partial charge in [0.25, 0.3) is 0 Å². The number of imidazole rings is 1. The Morgan fingerprint density at radius 3 is 2.72 bits per heavy atom. The molecule has 1 heterocycles. The third-order valence-corrected chi connectivity index (χ3v) is 3.58. The summed E-state index contributed by atoms with van der Waals surface area (Å²) in [6.07, 6.45) is 8.87. The van der Waals surface area contributed by atoms with Crippen molar-refractivity contribution in [3.63, 3.8) is 0 Å². The summed E-state index contributed by atoms with van der Waals surface area (Å²) in [4.78, 5) is 19.2. The number of aromatic amines is 1. The number of nitriles is 1. The van der Waals surface area contributed by atoms with Crippen molar-refractivity contribution >= 4 is 5.91 Å². The topological polar surface area (TPSA) is 81.6 Å². The van der Waals surface area contributed by atoms with E-state index in [1.165, 1.54) is 0 Å². The van der Waals surface area contributed by atoms with E-state index in [1.807, 2.05) is 0 Å². The highest BCUT2D eigenvalue weighted by Gasteiger charge is 2.38. The number of amides is 1. The first-order valence-electron chi connectivity index (χ1n) is 6.45. The molecule has 0 bridgehead atoms. The molecule has 1 fully saturated rings. The summed E-state index contributed by atoms with van der Waals surface area (Å²) < 4.78 is 0. The van der Waals surface area contributed by atoms with E-state index in [0.717, 1.165) is 25.7 Å². The number of aromatic nitrogens is 2. The molecular formula is C13H18N4O. The number of carbonyl (C=O) groups excluding carboxylic acids is 1. The number of nitrogens with one attached hydrogen (secondary N) is 2. The number of hydrogen-bond acceptors (Lipinski definition) is 3. The summed E-state index contributed by atoms with van der Waals surface area (Å²) in [6.45, 7) is 0.356. The molecular weight excluding hydrogens is 228 g/mol. The van der Waals surface area contributed by atoms with Crippen LogP contribution in [-0.2, 0) is 11.3 Å². The minimum atomic E-state index is -0.830. The van der Waals surface area contributed by atoms with Gasteiger partial charge in [-0.1, -0.05) is 25.7 Å². The van der Waals surface area contributed by atoms with Crippen LogP contribution in [-0.4, -0.2) is 15.9 Å². The standard InChI is InChI=1S/C13H18N4O/c14-10-13(5-3-1-2-4-6-13)12(18)17-9-11-15-7-8-16-11/h7-8H,1-6,9H2,(H,15,16)(H,17,18). The Balaban J connectivity index is 1.98. The molecule has 0 unspecified atom stereocenters. The maximum atomic E-state index is 12.2. The van der Waals surface area contributed by atoms with E-state index in [0.29, 0.717) is 25.2 Å². The summed E-state index contributed by atoms with van der Waals surface area (Å²) >= 11 is 0. The molecule has 0 aliphatic heterocycles. The van der Waals surface area contributed by atoms with E-state index in [9.17, 15) is 10.1 Å². The van der Waals surface area contributed by atoms with Crippen LogP contribution in [0.2, 0.25) is 0 Å². The molecule has 2 rings (SSSR count). The van der Waals surface area contributed by atoms with Gasteiger partial charge in [0.05, 0.1) is 12.6 Å². The molecule has 0 spiro atoms. The molecule has 5 heteroatoms. The highest BCUT2D eigenvalue weighted by atomic mass is 16.2. The SMILES string of the molecule is N#CC1(C(=O)NCc2ncc[nH]2)CCCCCC1. The highest BCUT2D eigenvalue weighted by molar-refractivity contribution is 5.85. The molecule has 0 radical (unpaired) electrons. The lowest BCUT2D eigenvalue weighted by Gasteiger charge is -2.23. The molecule has 5 nitrogen and oxygen atoms in total. The summed E-state index contributed by atoms with van der Waals surface area (Å²) in [5, 5.41) is 12.2. The lowest BCUT2D eigenvalue weighted by Crippen LogP contribution is -2.39. The first-order chi connectivity index (χ1) is 8.77. The summed E-state index contributed by atoms with van der Waals surface area (Å²) in [5.74, 6) is 0.563. The minimum absolute atomic E-state index is 0.150. The average Bonchev–Trinajstić information content (AvgIpc) is 2.79. The first-order valence-corrected chi connectivity index (χ1v) is 6.45. The van der Waals surface area contributed by atoms with Gasteiger partial charge >= 0.3 is 0 Å². The van der Waals surface area contributed by atoms with Gasteiger partial charge in [-0.3, -0.25) is 4.79 Å². The van der Waals surface area contributed by atoms with Gasteiger partial charge in [-0.05, 0) is 12.8 Å². The highest BCUT2D eigenvalue weighted by Crippen LogP contribution is 2.34. The lowest BCUT2D eigenvalue weighted by atomic mass is 9.81. The van der Waals surface area contributed by atoms with Gasteiger partial charge in [0.1, 0.15) is 11.2 Å². The zero-order valence-corrected chi connectivity index (χ0v) is 10.4. The molecule has 0 atom stereocenters. The van der Waals surface area contributed by atoms with Crippen LogP contribution in [0.15, 0.2) is 12.4 Å². The number of rotatable bonds is 3. The van der Waals surface area contributed by atoms with Crippen molar-refractivity contribution in [2.24, 2.45) is 5.41 Å². The van der Waals surface area contributed by atoms with E-state index >= 15 is 0 Å². The fourth-order valence-corrected chi connectivity index (χ4v) is 2.45. The predicted octanol–water partition coefficient (Wildman–Crippen LogP) is 1.89. The number of H-pyrrole nitrogens is 1. The first kappa shape index (κ1) is 12.6. The maximum Gasteiger partial charge on any atom is 0.240 e. The van der Waals surface area contributed by atoms with Crippen LogP contribution in [0, 0.1) is 16.7 Å². The van der Waals surface area contributed by atoms with Crippen molar-refractivity contribution in [2.75, 3.05) is 0 Å². The van der Waals surface area contributed by atoms with Crippen molar-refractivity contribution in [1.82, 2.24) is 15.3 Å². The van der Waals surface area contributed by atoms with Crippen molar-refractivity contribution in [3.05, 3.63) is 18.2 Å². The van der Waals surface area contributed by atoms with Gasteiger partial charge in [-0.2, -0.15) is 5.26 Å². The second-order valence-electron chi connectivity index (χ2n) is 4.83.